The van der Waals surface area contributed by atoms with E-state index in [1.165, 1.54) is 0 Å². The van der Waals surface area contributed by atoms with E-state index in [2.05, 4.69) is 39.2 Å². The Hall–Kier alpha value is -1.08. The molecule has 1 amide bonds. The van der Waals surface area contributed by atoms with Crippen molar-refractivity contribution in [3.05, 3.63) is 5.82 Å². The molecule has 1 fully saturated rings. The van der Waals surface area contributed by atoms with Gasteiger partial charge >= 0.3 is 0 Å². The first-order chi connectivity index (χ1) is 11.1. The molecule has 1 unspecified atom stereocenters. The van der Waals surface area contributed by atoms with Gasteiger partial charge in [0.25, 0.3) is 0 Å². The molecule has 2 heterocycles. The van der Waals surface area contributed by atoms with Crippen LogP contribution in [0.2, 0.25) is 0 Å². The van der Waals surface area contributed by atoms with Gasteiger partial charge in [0.2, 0.25) is 5.91 Å². The standard InChI is InChI=1S/C16H29N5OS/c1-12(2)11-21-14(19-20-16(21)23-3)7-5-9-18-15(22)13-6-4-8-17-10-13/h12-13,17H,4-11H2,1-3H3,(H,18,22). The summed E-state index contributed by atoms with van der Waals surface area (Å²) in [5, 5.41) is 15.9. The molecule has 6 nitrogen and oxygen atoms in total. The van der Waals surface area contributed by atoms with Gasteiger partial charge in [-0.05, 0) is 38.0 Å². The maximum atomic E-state index is 12.1. The van der Waals surface area contributed by atoms with E-state index in [-0.39, 0.29) is 11.8 Å². The number of piperidine rings is 1. The van der Waals surface area contributed by atoms with E-state index in [1.54, 1.807) is 11.8 Å². The summed E-state index contributed by atoms with van der Waals surface area (Å²) in [7, 11) is 0. The van der Waals surface area contributed by atoms with Gasteiger partial charge in [0.15, 0.2) is 5.16 Å². The number of nitrogens with one attached hydrogen (secondary N) is 2. The van der Waals surface area contributed by atoms with Crippen molar-refractivity contribution in [3.8, 4) is 0 Å². The van der Waals surface area contributed by atoms with Crippen LogP contribution in [0.5, 0.6) is 0 Å². The molecule has 1 aliphatic rings. The zero-order chi connectivity index (χ0) is 16.7. The highest BCUT2D eigenvalue weighted by Crippen LogP contribution is 2.16. The zero-order valence-corrected chi connectivity index (χ0v) is 15.3. The molecule has 1 aromatic heterocycles. The summed E-state index contributed by atoms with van der Waals surface area (Å²) in [5.74, 6) is 1.91. The largest absolute Gasteiger partial charge is 0.356 e. The Balaban J connectivity index is 1.77. The molecule has 7 heteroatoms. The van der Waals surface area contributed by atoms with Crippen LogP contribution in [-0.2, 0) is 17.8 Å². The van der Waals surface area contributed by atoms with Crippen molar-refractivity contribution in [2.45, 2.75) is 51.2 Å². The number of rotatable bonds is 8. The minimum Gasteiger partial charge on any atom is -0.356 e. The molecule has 0 aliphatic carbocycles. The molecular weight excluding hydrogens is 310 g/mol. The van der Waals surface area contributed by atoms with Crippen molar-refractivity contribution in [3.63, 3.8) is 0 Å². The van der Waals surface area contributed by atoms with Crippen molar-refractivity contribution in [2.75, 3.05) is 25.9 Å². The van der Waals surface area contributed by atoms with Crippen LogP contribution in [0.15, 0.2) is 5.16 Å². The fourth-order valence-electron chi connectivity index (χ4n) is 2.88. The number of hydrogen-bond acceptors (Lipinski definition) is 5. The van der Waals surface area contributed by atoms with Gasteiger partial charge in [0.1, 0.15) is 5.82 Å². The molecule has 23 heavy (non-hydrogen) atoms. The topological polar surface area (TPSA) is 71.8 Å². The van der Waals surface area contributed by atoms with Crippen LogP contribution in [0.4, 0.5) is 0 Å². The minimum absolute atomic E-state index is 0.136. The van der Waals surface area contributed by atoms with Gasteiger partial charge in [-0.3, -0.25) is 4.79 Å². The lowest BCUT2D eigenvalue weighted by molar-refractivity contribution is -0.125. The number of amides is 1. The lowest BCUT2D eigenvalue weighted by Gasteiger charge is -2.21. The molecule has 0 saturated carbocycles. The summed E-state index contributed by atoms with van der Waals surface area (Å²) < 4.78 is 2.21. The van der Waals surface area contributed by atoms with Crippen molar-refractivity contribution in [1.82, 2.24) is 25.4 Å². The van der Waals surface area contributed by atoms with E-state index in [4.69, 9.17) is 0 Å². The Bertz CT molecular complexity index is 497. The molecule has 1 saturated heterocycles. The quantitative estimate of drug-likeness (QED) is 0.557. The van der Waals surface area contributed by atoms with Crippen LogP contribution >= 0.6 is 11.8 Å². The van der Waals surface area contributed by atoms with E-state index in [0.29, 0.717) is 12.5 Å². The molecule has 1 aromatic rings. The Morgan fingerprint density at radius 2 is 2.30 bits per heavy atom. The third-order valence-corrected chi connectivity index (χ3v) is 4.73. The Morgan fingerprint density at radius 1 is 1.48 bits per heavy atom. The highest BCUT2D eigenvalue weighted by atomic mass is 32.2. The van der Waals surface area contributed by atoms with E-state index in [0.717, 1.165) is 56.3 Å². The van der Waals surface area contributed by atoms with Gasteiger partial charge in [-0.25, -0.2) is 0 Å². The van der Waals surface area contributed by atoms with Crippen molar-refractivity contribution >= 4 is 17.7 Å². The van der Waals surface area contributed by atoms with Crippen LogP contribution in [0.1, 0.15) is 38.9 Å². The van der Waals surface area contributed by atoms with E-state index < -0.39 is 0 Å². The van der Waals surface area contributed by atoms with Gasteiger partial charge in [0.05, 0.1) is 5.92 Å². The maximum Gasteiger partial charge on any atom is 0.224 e. The molecule has 1 aliphatic heterocycles. The Morgan fingerprint density at radius 3 is 2.96 bits per heavy atom. The first kappa shape index (κ1) is 18.3. The summed E-state index contributed by atoms with van der Waals surface area (Å²) in [6, 6.07) is 0. The number of thioether (sulfide) groups is 1. The monoisotopic (exact) mass is 339 g/mol. The smallest absolute Gasteiger partial charge is 0.224 e. The summed E-state index contributed by atoms with van der Waals surface area (Å²) in [4.78, 5) is 12.1. The fourth-order valence-corrected chi connectivity index (χ4v) is 3.40. The predicted octanol–water partition coefficient (Wildman–Crippen LogP) is 1.70. The molecule has 130 valence electrons. The van der Waals surface area contributed by atoms with Crippen LogP contribution in [-0.4, -0.2) is 46.6 Å². The van der Waals surface area contributed by atoms with Gasteiger partial charge in [-0.1, -0.05) is 25.6 Å². The second-order valence-corrected chi connectivity index (χ2v) is 7.32. The third-order valence-electron chi connectivity index (χ3n) is 4.07. The molecule has 0 radical (unpaired) electrons. The van der Waals surface area contributed by atoms with Crippen LogP contribution in [0.25, 0.3) is 0 Å². The first-order valence-electron chi connectivity index (χ1n) is 8.56. The summed E-state index contributed by atoms with van der Waals surface area (Å²) in [5.41, 5.74) is 0. The van der Waals surface area contributed by atoms with E-state index in [1.807, 2.05) is 6.26 Å². The van der Waals surface area contributed by atoms with Crippen molar-refractivity contribution < 1.29 is 4.79 Å². The average molecular weight is 340 g/mol. The number of carbonyl (C=O) groups is 1. The van der Waals surface area contributed by atoms with Gasteiger partial charge in [0, 0.05) is 26.1 Å². The zero-order valence-electron chi connectivity index (χ0n) is 14.5. The van der Waals surface area contributed by atoms with E-state index in [9.17, 15) is 4.79 Å². The average Bonchev–Trinajstić information content (AvgIpc) is 2.93. The lowest BCUT2D eigenvalue weighted by atomic mass is 9.99. The Labute approximate surface area is 143 Å². The molecule has 2 N–H and O–H groups in total. The van der Waals surface area contributed by atoms with E-state index >= 15 is 0 Å². The number of aromatic nitrogens is 3. The number of hydrogen-bond donors (Lipinski definition) is 2. The molecule has 2 rings (SSSR count). The number of carbonyl (C=O) groups excluding carboxylic acids is 1. The second-order valence-electron chi connectivity index (χ2n) is 6.55. The molecule has 0 spiro atoms. The van der Waals surface area contributed by atoms with Gasteiger partial charge in [-0.2, -0.15) is 0 Å². The van der Waals surface area contributed by atoms with Crippen LogP contribution in [0.3, 0.4) is 0 Å². The summed E-state index contributed by atoms with van der Waals surface area (Å²) in [6.45, 7) is 7.90. The van der Waals surface area contributed by atoms with Crippen molar-refractivity contribution in [2.24, 2.45) is 11.8 Å². The summed E-state index contributed by atoms with van der Waals surface area (Å²) in [6.07, 6.45) is 5.87. The first-order valence-corrected chi connectivity index (χ1v) is 9.78. The number of nitrogens with zero attached hydrogens (tertiary/aromatic N) is 3. The second kappa shape index (κ2) is 9.27. The Kier molecular flexibility index (Phi) is 7.36. The molecular formula is C16H29N5OS. The third kappa shape index (κ3) is 5.49. The van der Waals surface area contributed by atoms with Gasteiger partial charge < -0.3 is 15.2 Å². The fraction of sp³-hybridized carbons (Fsp3) is 0.812. The van der Waals surface area contributed by atoms with Crippen LogP contribution < -0.4 is 10.6 Å². The van der Waals surface area contributed by atoms with Gasteiger partial charge in [-0.15, -0.1) is 10.2 Å². The predicted molar refractivity (Wildman–Crippen MR) is 93.6 cm³/mol. The molecule has 0 aromatic carbocycles. The normalized spacial score (nSPS) is 18.3. The highest BCUT2D eigenvalue weighted by Gasteiger charge is 2.20. The SMILES string of the molecule is CSc1nnc(CCCNC(=O)C2CCCNC2)n1CC(C)C. The summed E-state index contributed by atoms with van der Waals surface area (Å²) >= 11 is 1.63. The number of aryl methyl sites for hydroxylation is 1. The minimum atomic E-state index is 0.136. The molecule has 1 atom stereocenters. The lowest BCUT2D eigenvalue weighted by Crippen LogP contribution is -2.40. The van der Waals surface area contributed by atoms with Crippen LogP contribution in [0, 0.1) is 11.8 Å². The molecule has 0 bridgehead atoms. The highest BCUT2D eigenvalue weighted by molar-refractivity contribution is 7.98. The maximum absolute atomic E-state index is 12.1. The van der Waals surface area contributed by atoms with Crippen molar-refractivity contribution in [1.29, 1.82) is 0 Å².